The number of anilines is 5. The number of nitrogens with one attached hydrogen (secondary N) is 3. The molecule has 0 unspecified atom stereocenters. The maximum Gasteiger partial charge on any atom is 0.297 e. The molecule has 3 aromatic carbocycles. The zero-order valence-corrected chi connectivity index (χ0v) is 54.1. The molecule has 1 spiro atoms. The standard InChI is InChI=1S/C65H81N13O12S2/c1-42(2)92(84,85)75-21-18-71(19-22-75)38-46-40-89-57-33-49(32-54(78(80)81)60(57)68-46)91(82,83)70-63(79)51-10-9-47(31-53(51)77-52-12-26-88-41-59(52)90-64-55(77)30-45-11-15-66-61(45)69-64)73-16-13-65(14-17-73)34-48(35-65)76-23-20-72(39-56(76)50-8-6-5-7-43(50)3)37-44-29-58(86-4)62(67-36-44)74-24-27-87-28-25-74/h5-11,15,29-33,36,42,46,48,52,56,59,68H,12-14,16-28,34-35,37-41H2,1-4H3,(H,66,69)(H,70,79)/t46-,52-,56-,59-/m0/s1. The molecule has 6 fully saturated rings. The summed E-state index contributed by atoms with van der Waals surface area (Å²) < 4.78 is 88.7. The number of methoxy groups -OCH3 is 1. The molecule has 14 rings (SSSR count). The zero-order valence-electron chi connectivity index (χ0n) is 52.5. The lowest BCUT2D eigenvalue weighted by Crippen LogP contribution is -2.59. The van der Waals surface area contributed by atoms with Crippen molar-refractivity contribution < 1.29 is 50.2 Å². The number of piperazine rings is 2. The highest BCUT2D eigenvalue weighted by molar-refractivity contribution is 7.90. The van der Waals surface area contributed by atoms with Crippen LogP contribution in [-0.2, 0) is 36.1 Å². The molecule has 1 aliphatic carbocycles. The Labute approximate surface area is 536 Å². The third-order valence-electron chi connectivity index (χ3n) is 20.3. The average molecular weight is 1300 g/mol. The van der Waals surface area contributed by atoms with Crippen molar-refractivity contribution in [2.24, 2.45) is 5.41 Å². The smallest absolute Gasteiger partial charge is 0.297 e. The quantitative estimate of drug-likeness (QED) is 0.0675. The second-order valence-corrected chi connectivity index (χ2v) is 30.4. The molecule has 7 aliphatic heterocycles. The number of amides is 1. The third kappa shape index (κ3) is 12.1. The fraction of sp³-hybridized carbons (Fsp3) is 0.523. The van der Waals surface area contributed by atoms with Crippen molar-refractivity contribution in [1.82, 2.24) is 38.7 Å². The number of rotatable bonds is 16. The van der Waals surface area contributed by atoms with Crippen LogP contribution in [0.3, 0.4) is 0 Å². The van der Waals surface area contributed by atoms with E-state index in [0.29, 0.717) is 87.9 Å². The van der Waals surface area contributed by atoms with Gasteiger partial charge >= 0.3 is 0 Å². The van der Waals surface area contributed by atoms with Gasteiger partial charge in [0.1, 0.15) is 24.0 Å². The highest BCUT2D eigenvalue weighted by Gasteiger charge is 2.51. The minimum Gasteiger partial charge on any atom is -0.493 e. The third-order valence-corrected chi connectivity index (χ3v) is 23.9. The van der Waals surface area contributed by atoms with Gasteiger partial charge in [-0.15, -0.1) is 0 Å². The van der Waals surface area contributed by atoms with Crippen LogP contribution >= 0.6 is 0 Å². The number of nitro benzene ring substituents is 1. The van der Waals surface area contributed by atoms with Crippen LogP contribution in [0.15, 0.2) is 90.1 Å². The highest BCUT2D eigenvalue weighted by atomic mass is 32.2. The van der Waals surface area contributed by atoms with Crippen molar-refractivity contribution in [3.8, 4) is 17.4 Å². The first-order chi connectivity index (χ1) is 44.4. The summed E-state index contributed by atoms with van der Waals surface area (Å²) in [6.45, 7) is 16.3. The molecule has 0 radical (unpaired) electrons. The van der Waals surface area contributed by atoms with Gasteiger partial charge in [-0.05, 0) is 111 Å². The van der Waals surface area contributed by atoms with Crippen molar-refractivity contribution in [3.05, 3.63) is 118 Å². The molecule has 1 saturated carbocycles. The Morgan fingerprint density at radius 2 is 1.65 bits per heavy atom. The summed E-state index contributed by atoms with van der Waals surface area (Å²) in [4.78, 5) is 53.7. The minimum absolute atomic E-state index is 0.0115. The summed E-state index contributed by atoms with van der Waals surface area (Å²) >= 11 is 0. The number of ether oxygens (including phenoxy) is 5. The van der Waals surface area contributed by atoms with Gasteiger partial charge < -0.3 is 48.7 Å². The van der Waals surface area contributed by atoms with Crippen molar-refractivity contribution in [1.29, 1.82) is 0 Å². The van der Waals surface area contributed by atoms with E-state index in [0.717, 1.165) is 112 Å². The number of nitrogens with zero attached hydrogens (tertiary/aromatic N) is 10. The lowest BCUT2D eigenvalue weighted by atomic mass is 9.59. The number of sulfonamides is 2. The van der Waals surface area contributed by atoms with Crippen LogP contribution in [-0.4, -0.2) is 210 Å². The van der Waals surface area contributed by atoms with Crippen molar-refractivity contribution in [3.63, 3.8) is 0 Å². The number of aromatic nitrogens is 3. The minimum atomic E-state index is -4.79. The SMILES string of the molecule is COc1cc(CN2CCN(C3CC4(CCN(c5ccc(C(=O)NS(=O)(=O)c6cc7c(c([N+](=O)[O-])c6)N[C@@H](CN6CCN(S(=O)(=O)C(C)C)CC6)CO7)c(N6c7cc8cc[nH]c8nc7O[C@H]7COCC[C@@H]76)c5)CC4)C3)[C@H](c3ccccc3C)C2)cnc1N1CCOCC1. The molecule has 3 N–H and O–H groups in total. The number of hydrogen-bond donors (Lipinski definition) is 3. The van der Waals surface area contributed by atoms with Crippen molar-refractivity contribution in [2.75, 3.05) is 139 Å². The van der Waals surface area contributed by atoms with Crippen molar-refractivity contribution >= 4 is 71.2 Å². The first kappa shape index (κ1) is 62.1. The number of aryl methyl sites for hydroxylation is 1. The first-order valence-corrected chi connectivity index (χ1v) is 35.2. The second-order valence-electron chi connectivity index (χ2n) is 26.2. The van der Waals surface area contributed by atoms with E-state index < -0.39 is 58.9 Å². The van der Waals surface area contributed by atoms with Gasteiger partial charge in [-0.2, -0.15) is 9.29 Å². The Morgan fingerprint density at radius 3 is 2.41 bits per heavy atom. The number of carbonyl (C=O) groups is 1. The number of piperidine rings is 1. The van der Waals surface area contributed by atoms with Crippen LogP contribution in [0, 0.1) is 22.5 Å². The van der Waals surface area contributed by atoms with Gasteiger partial charge in [0.05, 0.1) is 65.3 Å². The van der Waals surface area contributed by atoms with E-state index in [2.05, 4.69) is 81.7 Å². The molecular formula is C65H81N13O12S2. The Balaban J connectivity index is 0.695. The number of pyridine rings is 2. The number of morpholine rings is 1. The number of hydrogen-bond acceptors (Lipinski definition) is 21. The monoisotopic (exact) mass is 1300 g/mol. The van der Waals surface area contributed by atoms with E-state index in [-0.39, 0.29) is 47.7 Å². The summed E-state index contributed by atoms with van der Waals surface area (Å²) in [5, 5.41) is 16.2. The summed E-state index contributed by atoms with van der Waals surface area (Å²) in [6, 6.07) is 22.4. The Kier molecular flexibility index (Phi) is 17.0. The molecule has 25 nitrogen and oxygen atoms in total. The highest BCUT2D eigenvalue weighted by Crippen LogP contribution is 2.54. The van der Waals surface area contributed by atoms with Crippen molar-refractivity contribution in [2.45, 2.75) is 99.8 Å². The van der Waals surface area contributed by atoms with Crippen LogP contribution in [0.5, 0.6) is 17.4 Å². The molecule has 27 heteroatoms. The van der Waals surface area contributed by atoms with E-state index in [4.69, 9.17) is 33.7 Å². The summed E-state index contributed by atoms with van der Waals surface area (Å²) in [5.74, 6) is 1.01. The second kappa shape index (κ2) is 25.2. The van der Waals surface area contributed by atoms with Crippen LogP contribution < -0.4 is 38.9 Å². The number of fused-ring (bicyclic) bond motifs is 4. The van der Waals surface area contributed by atoms with Crippen LogP contribution in [0.2, 0.25) is 0 Å². The fourth-order valence-electron chi connectivity index (χ4n) is 15.2. The predicted molar refractivity (Wildman–Crippen MR) is 348 cm³/mol. The molecular weight excluding hydrogens is 1220 g/mol. The Morgan fingerprint density at radius 1 is 0.870 bits per heavy atom. The zero-order chi connectivity index (χ0) is 63.6. The van der Waals surface area contributed by atoms with Gasteiger partial charge in [0.2, 0.25) is 15.9 Å². The summed E-state index contributed by atoms with van der Waals surface area (Å²) in [6.07, 6.45) is 8.04. The lowest BCUT2D eigenvalue weighted by molar-refractivity contribution is -0.384. The molecule has 10 heterocycles. The Hall–Kier alpha value is -7.37. The van der Waals surface area contributed by atoms with E-state index in [1.54, 1.807) is 33.2 Å². The topological polar surface area (TPSA) is 263 Å². The Bertz CT molecular complexity index is 3990. The number of carbonyl (C=O) groups excluding carboxylic acids is 1. The summed E-state index contributed by atoms with van der Waals surface area (Å²) in [5.41, 5.74) is 6.07. The van der Waals surface area contributed by atoms with Gasteiger partial charge in [0.25, 0.3) is 21.6 Å². The van der Waals surface area contributed by atoms with Gasteiger partial charge in [0, 0.05) is 139 Å². The molecule has 92 heavy (non-hydrogen) atoms. The van der Waals surface area contributed by atoms with Gasteiger partial charge in [-0.25, -0.2) is 26.5 Å². The molecule has 6 aromatic rings. The molecule has 1 amide bonds. The van der Waals surface area contributed by atoms with Gasteiger partial charge in [-0.3, -0.25) is 29.6 Å². The number of nitro groups is 1. The van der Waals surface area contributed by atoms with E-state index >= 15 is 4.79 Å². The number of aromatic amines is 1. The maximum atomic E-state index is 15.0. The number of H-pyrrole nitrogens is 1. The largest absolute Gasteiger partial charge is 0.493 e. The summed E-state index contributed by atoms with van der Waals surface area (Å²) in [7, 11) is -6.48. The first-order valence-electron chi connectivity index (χ1n) is 32.2. The normalized spacial score (nSPS) is 23.4. The molecule has 4 atom stereocenters. The van der Waals surface area contributed by atoms with Crippen LogP contribution in [0.1, 0.15) is 79.0 Å². The predicted octanol–water partition coefficient (Wildman–Crippen LogP) is 6.66. The fourth-order valence-corrected chi connectivity index (χ4v) is 17.5. The maximum absolute atomic E-state index is 15.0. The molecule has 490 valence electrons. The van der Waals surface area contributed by atoms with E-state index in [1.165, 1.54) is 21.5 Å². The van der Waals surface area contributed by atoms with E-state index in [9.17, 15) is 26.9 Å². The van der Waals surface area contributed by atoms with Crippen LogP contribution in [0.4, 0.5) is 34.3 Å². The van der Waals surface area contributed by atoms with Gasteiger partial charge in [-0.1, -0.05) is 24.3 Å². The molecule has 3 aromatic heterocycles. The van der Waals surface area contributed by atoms with E-state index in [1.807, 2.05) is 30.5 Å². The lowest BCUT2D eigenvalue weighted by Gasteiger charge is -2.58. The molecule has 5 saturated heterocycles. The average Bonchev–Trinajstić information content (AvgIpc) is 0.850. The molecule has 0 bridgehead atoms. The number of benzene rings is 3. The molecule has 8 aliphatic rings. The van der Waals surface area contributed by atoms with Crippen LogP contribution in [0.25, 0.3) is 11.0 Å². The van der Waals surface area contributed by atoms with Gasteiger partial charge in [0.15, 0.2) is 23.0 Å².